The van der Waals surface area contributed by atoms with Crippen molar-refractivity contribution in [2.24, 2.45) is 0 Å². The van der Waals surface area contributed by atoms with Gasteiger partial charge in [-0.3, -0.25) is 29.5 Å². The average molecular weight is 425 g/mol. The lowest BCUT2D eigenvalue weighted by molar-refractivity contribution is -0.384. The number of urea groups is 1. The molecule has 1 heterocycles. The second-order valence-corrected chi connectivity index (χ2v) is 6.69. The molecule has 0 spiro atoms. The number of amides is 4. The molecule has 1 fully saturated rings. The molecule has 2 aromatic carbocycles. The van der Waals surface area contributed by atoms with E-state index in [1.54, 1.807) is 30.3 Å². The molecule has 0 saturated carbocycles. The van der Waals surface area contributed by atoms with Gasteiger partial charge in [-0.05, 0) is 41.5 Å². The summed E-state index contributed by atoms with van der Waals surface area (Å²) in [6, 6.07) is 10.1. The van der Waals surface area contributed by atoms with Crippen molar-refractivity contribution in [1.82, 2.24) is 9.80 Å². The van der Waals surface area contributed by atoms with Gasteiger partial charge in [0.2, 0.25) is 0 Å². The van der Waals surface area contributed by atoms with Gasteiger partial charge in [-0.25, -0.2) is 4.79 Å². The van der Waals surface area contributed by atoms with Crippen LogP contribution >= 0.6 is 0 Å². The number of hydrogen-bond acceptors (Lipinski definition) is 7. The molecule has 2 aromatic rings. The van der Waals surface area contributed by atoms with Crippen LogP contribution in [0.1, 0.15) is 11.1 Å². The Kier molecular flexibility index (Phi) is 6.00. The van der Waals surface area contributed by atoms with E-state index in [0.29, 0.717) is 22.6 Å². The predicted octanol–water partition coefficient (Wildman–Crippen LogP) is 2.62. The predicted molar refractivity (Wildman–Crippen MR) is 109 cm³/mol. The van der Waals surface area contributed by atoms with E-state index in [1.165, 1.54) is 39.4 Å². The van der Waals surface area contributed by atoms with Crippen molar-refractivity contribution in [3.05, 3.63) is 69.3 Å². The van der Waals surface area contributed by atoms with Crippen LogP contribution in [0.15, 0.2) is 48.0 Å². The van der Waals surface area contributed by atoms with E-state index in [9.17, 15) is 24.5 Å². The Morgan fingerprint density at radius 2 is 1.58 bits per heavy atom. The Morgan fingerprint density at radius 3 is 2.13 bits per heavy atom. The lowest BCUT2D eigenvalue weighted by Gasteiger charge is -2.28. The van der Waals surface area contributed by atoms with Gasteiger partial charge in [0.05, 0.1) is 12.0 Å². The number of nitrogens with zero attached hydrogens (tertiary/aromatic N) is 3. The first-order valence-electron chi connectivity index (χ1n) is 9.09. The van der Waals surface area contributed by atoms with Crippen molar-refractivity contribution >= 4 is 29.6 Å². The fourth-order valence-electron chi connectivity index (χ4n) is 2.91. The number of ether oxygens (including phenoxy) is 2. The number of rotatable bonds is 6. The standard InChI is InChI=1S/C21H19N3O7/c1-22-19(25)16(20(26)23(2)21(22)27)10-14-6-9-17(30-3)18(11-14)31-12-13-4-7-15(8-5-13)24(28)29/h4-11H,12H2,1-3H3. The van der Waals surface area contributed by atoms with Gasteiger partial charge in [-0.15, -0.1) is 0 Å². The number of methoxy groups -OCH3 is 1. The summed E-state index contributed by atoms with van der Waals surface area (Å²) < 4.78 is 11.1. The number of carbonyl (C=O) groups is 3. The van der Waals surface area contributed by atoms with E-state index in [1.807, 2.05) is 0 Å². The Balaban J connectivity index is 1.85. The number of hydrogen-bond donors (Lipinski definition) is 0. The monoisotopic (exact) mass is 425 g/mol. The molecule has 0 bridgehead atoms. The molecule has 0 N–H and O–H groups in total. The highest BCUT2D eigenvalue weighted by Gasteiger charge is 2.37. The topological polar surface area (TPSA) is 119 Å². The minimum absolute atomic E-state index is 0.0230. The van der Waals surface area contributed by atoms with Crippen LogP contribution < -0.4 is 9.47 Å². The summed E-state index contributed by atoms with van der Waals surface area (Å²) in [5.41, 5.74) is 1.02. The summed E-state index contributed by atoms with van der Waals surface area (Å²) in [6.45, 7) is 0.117. The number of barbiturate groups is 1. The highest BCUT2D eigenvalue weighted by atomic mass is 16.6. The van der Waals surface area contributed by atoms with E-state index in [4.69, 9.17) is 9.47 Å². The van der Waals surface area contributed by atoms with Crippen molar-refractivity contribution in [3.8, 4) is 11.5 Å². The smallest absolute Gasteiger partial charge is 0.333 e. The van der Waals surface area contributed by atoms with Gasteiger partial charge < -0.3 is 9.47 Å². The number of nitro benzene ring substituents is 1. The Labute approximate surface area is 177 Å². The molecule has 0 atom stereocenters. The summed E-state index contributed by atoms with van der Waals surface area (Å²) in [5, 5.41) is 10.8. The molecule has 10 heteroatoms. The quantitative estimate of drug-likeness (QED) is 0.302. The molecule has 1 saturated heterocycles. The van der Waals surface area contributed by atoms with Crippen LogP contribution in [0.25, 0.3) is 6.08 Å². The first kappa shape index (κ1) is 21.5. The largest absolute Gasteiger partial charge is 0.493 e. The molecule has 4 amide bonds. The zero-order valence-electron chi connectivity index (χ0n) is 17.0. The zero-order chi connectivity index (χ0) is 22.7. The van der Waals surface area contributed by atoms with Crippen LogP contribution in [0.2, 0.25) is 0 Å². The molecule has 0 unspecified atom stereocenters. The van der Waals surface area contributed by atoms with Crippen molar-refractivity contribution < 1.29 is 28.8 Å². The van der Waals surface area contributed by atoms with Crippen LogP contribution in [-0.4, -0.2) is 53.8 Å². The van der Waals surface area contributed by atoms with E-state index in [2.05, 4.69) is 0 Å². The normalized spacial score (nSPS) is 14.0. The van der Waals surface area contributed by atoms with Crippen molar-refractivity contribution in [1.29, 1.82) is 0 Å². The van der Waals surface area contributed by atoms with Gasteiger partial charge in [0, 0.05) is 26.2 Å². The second-order valence-electron chi connectivity index (χ2n) is 6.69. The van der Waals surface area contributed by atoms with E-state index in [0.717, 1.165) is 9.80 Å². The number of non-ortho nitro benzene ring substituents is 1. The van der Waals surface area contributed by atoms with E-state index < -0.39 is 22.8 Å². The summed E-state index contributed by atoms with van der Waals surface area (Å²) in [4.78, 5) is 48.6. The Bertz CT molecular complexity index is 1070. The third kappa shape index (κ3) is 4.37. The molecule has 0 aliphatic carbocycles. The highest BCUT2D eigenvalue weighted by Crippen LogP contribution is 2.30. The first-order valence-corrected chi connectivity index (χ1v) is 9.09. The highest BCUT2D eigenvalue weighted by molar-refractivity contribution is 6.30. The van der Waals surface area contributed by atoms with Gasteiger partial charge in [0.15, 0.2) is 11.5 Å². The number of benzene rings is 2. The third-order valence-corrected chi connectivity index (χ3v) is 4.68. The maximum atomic E-state index is 12.4. The van der Waals surface area contributed by atoms with Crippen LogP contribution in [-0.2, 0) is 16.2 Å². The molecule has 160 valence electrons. The maximum absolute atomic E-state index is 12.4. The number of imide groups is 2. The third-order valence-electron chi connectivity index (χ3n) is 4.68. The van der Waals surface area contributed by atoms with E-state index >= 15 is 0 Å². The van der Waals surface area contributed by atoms with Gasteiger partial charge in [-0.1, -0.05) is 6.07 Å². The van der Waals surface area contributed by atoms with Crippen molar-refractivity contribution in [2.75, 3.05) is 21.2 Å². The molecule has 1 aliphatic rings. The molecule has 10 nitrogen and oxygen atoms in total. The molecule has 1 aliphatic heterocycles. The van der Waals surface area contributed by atoms with Crippen LogP contribution in [0, 0.1) is 10.1 Å². The number of nitro groups is 1. The van der Waals surface area contributed by atoms with Gasteiger partial charge in [-0.2, -0.15) is 0 Å². The summed E-state index contributed by atoms with van der Waals surface area (Å²) in [6.07, 6.45) is 1.38. The minimum Gasteiger partial charge on any atom is -0.493 e. The lowest BCUT2D eigenvalue weighted by Crippen LogP contribution is -2.52. The fraction of sp³-hybridized carbons (Fsp3) is 0.190. The van der Waals surface area contributed by atoms with Crippen LogP contribution in [0.4, 0.5) is 10.5 Å². The SMILES string of the molecule is COc1ccc(C=C2C(=O)N(C)C(=O)N(C)C2=O)cc1OCc1ccc([N+](=O)[O-])cc1. The van der Waals surface area contributed by atoms with Gasteiger partial charge in [0.1, 0.15) is 12.2 Å². The summed E-state index contributed by atoms with van der Waals surface area (Å²) in [7, 11) is 4.07. The maximum Gasteiger partial charge on any atom is 0.333 e. The fourth-order valence-corrected chi connectivity index (χ4v) is 2.91. The van der Waals surface area contributed by atoms with Crippen LogP contribution in [0.5, 0.6) is 11.5 Å². The van der Waals surface area contributed by atoms with E-state index in [-0.39, 0.29) is 17.9 Å². The van der Waals surface area contributed by atoms with Gasteiger partial charge >= 0.3 is 6.03 Å². The molecule has 3 rings (SSSR count). The molecule has 0 aromatic heterocycles. The second kappa shape index (κ2) is 8.66. The minimum atomic E-state index is -0.700. The lowest BCUT2D eigenvalue weighted by atomic mass is 10.1. The molecular weight excluding hydrogens is 406 g/mol. The molecular formula is C21H19N3O7. The molecule has 0 radical (unpaired) electrons. The number of likely N-dealkylation sites (N-methyl/N-ethyl adjacent to an activating group) is 2. The Morgan fingerprint density at radius 1 is 0.968 bits per heavy atom. The summed E-state index contributed by atoms with van der Waals surface area (Å²) >= 11 is 0. The Hall–Kier alpha value is -4.21. The van der Waals surface area contributed by atoms with Crippen molar-refractivity contribution in [2.45, 2.75) is 6.61 Å². The zero-order valence-corrected chi connectivity index (χ0v) is 17.0. The van der Waals surface area contributed by atoms with Crippen molar-refractivity contribution in [3.63, 3.8) is 0 Å². The average Bonchev–Trinajstić information content (AvgIpc) is 2.78. The van der Waals surface area contributed by atoms with Crippen LogP contribution in [0.3, 0.4) is 0 Å². The first-order chi connectivity index (χ1) is 14.7. The number of carbonyl (C=O) groups excluding carboxylic acids is 3. The van der Waals surface area contributed by atoms with Gasteiger partial charge in [0.25, 0.3) is 17.5 Å². The summed E-state index contributed by atoms with van der Waals surface area (Å²) in [5.74, 6) is -0.618. The molecule has 31 heavy (non-hydrogen) atoms.